The molecular weight excluding hydrogens is 342 g/mol. The summed E-state index contributed by atoms with van der Waals surface area (Å²) in [6.45, 7) is 2.14. The van der Waals surface area contributed by atoms with Gasteiger partial charge in [-0.3, -0.25) is 10.1 Å². The molecule has 1 heterocycles. The van der Waals surface area contributed by atoms with E-state index in [-0.39, 0.29) is 5.56 Å². The van der Waals surface area contributed by atoms with Crippen molar-refractivity contribution in [3.05, 3.63) is 70.6 Å². The summed E-state index contributed by atoms with van der Waals surface area (Å²) in [5.74, 6) is -2.57. The van der Waals surface area contributed by atoms with E-state index < -0.39 is 17.5 Å². The maximum absolute atomic E-state index is 13.2. The van der Waals surface area contributed by atoms with Gasteiger partial charge in [-0.1, -0.05) is 37.6 Å². The molecule has 0 aliphatic rings. The number of nitrogens with zero attached hydrogens (tertiary/aromatic N) is 1. The maximum atomic E-state index is 13.2. The van der Waals surface area contributed by atoms with Gasteiger partial charge in [0.1, 0.15) is 0 Å². The van der Waals surface area contributed by atoms with Gasteiger partial charge in [0, 0.05) is 16.5 Å². The molecule has 0 atom stereocenters. The zero-order chi connectivity index (χ0) is 17.8. The summed E-state index contributed by atoms with van der Waals surface area (Å²) in [5, 5.41) is 4.85. The lowest BCUT2D eigenvalue weighted by Gasteiger charge is -2.03. The highest BCUT2D eigenvalue weighted by molar-refractivity contribution is 7.14. The van der Waals surface area contributed by atoms with E-state index in [1.54, 1.807) is 0 Å². The number of thiazole rings is 1. The van der Waals surface area contributed by atoms with Crippen molar-refractivity contribution in [2.75, 3.05) is 5.32 Å². The fraction of sp³-hybridized carbons (Fsp3) is 0.158. The first-order valence-electron chi connectivity index (χ1n) is 7.88. The van der Waals surface area contributed by atoms with Crippen molar-refractivity contribution in [3.63, 3.8) is 0 Å². The molecule has 0 aliphatic carbocycles. The van der Waals surface area contributed by atoms with Gasteiger partial charge in [0.15, 0.2) is 16.8 Å². The van der Waals surface area contributed by atoms with E-state index in [1.165, 1.54) is 23.0 Å². The van der Waals surface area contributed by atoms with Crippen LogP contribution in [0.5, 0.6) is 0 Å². The summed E-state index contributed by atoms with van der Waals surface area (Å²) in [4.78, 5) is 16.5. The summed E-state index contributed by atoms with van der Waals surface area (Å²) in [6.07, 6.45) is 2.13. The summed E-state index contributed by atoms with van der Waals surface area (Å²) in [7, 11) is 0. The Bertz CT molecular complexity index is 891. The number of nitrogens with one attached hydrogen (secondary N) is 1. The fourth-order valence-electron chi connectivity index (χ4n) is 2.40. The number of anilines is 1. The molecule has 1 N–H and O–H groups in total. The standard InChI is InChI=1S/C19H16F2N2OS/c1-2-3-12-4-6-13(7-5-12)17-11-25-19(22-17)23-18(24)14-8-9-15(20)16(21)10-14/h4-11H,2-3H2,1H3,(H,22,23,24). The molecule has 3 rings (SSSR count). The van der Waals surface area contributed by atoms with Crippen molar-refractivity contribution in [1.82, 2.24) is 4.98 Å². The third-order valence-corrected chi connectivity index (χ3v) is 4.45. The summed E-state index contributed by atoms with van der Waals surface area (Å²) in [6, 6.07) is 11.2. The number of hydrogen-bond acceptors (Lipinski definition) is 3. The minimum atomic E-state index is -1.06. The van der Waals surface area contributed by atoms with Crippen molar-refractivity contribution in [2.24, 2.45) is 0 Å². The first kappa shape index (κ1) is 17.2. The van der Waals surface area contributed by atoms with E-state index in [4.69, 9.17) is 0 Å². The topological polar surface area (TPSA) is 42.0 Å². The summed E-state index contributed by atoms with van der Waals surface area (Å²) in [5.41, 5.74) is 3.03. The van der Waals surface area contributed by atoms with Gasteiger partial charge in [-0.15, -0.1) is 11.3 Å². The highest BCUT2D eigenvalue weighted by Gasteiger charge is 2.12. The second kappa shape index (κ2) is 7.53. The van der Waals surface area contributed by atoms with Crippen molar-refractivity contribution in [2.45, 2.75) is 19.8 Å². The Morgan fingerprint density at radius 2 is 1.88 bits per heavy atom. The monoisotopic (exact) mass is 358 g/mol. The quantitative estimate of drug-likeness (QED) is 0.673. The molecule has 3 nitrogen and oxygen atoms in total. The summed E-state index contributed by atoms with van der Waals surface area (Å²) < 4.78 is 26.2. The maximum Gasteiger partial charge on any atom is 0.257 e. The van der Waals surface area contributed by atoms with Crippen LogP contribution in [0.1, 0.15) is 29.3 Å². The van der Waals surface area contributed by atoms with E-state index >= 15 is 0 Å². The van der Waals surface area contributed by atoms with Gasteiger partial charge in [-0.2, -0.15) is 0 Å². The lowest BCUT2D eigenvalue weighted by atomic mass is 10.1. The molecule has 0 fully saturated rings. The highest BCUT2D eigenvalue weighted by Crippen LogP contribution is 2.26. The van der Waals surface area contributed by atoms with Crippen LogP contribution < -0.4 is 5.32 Å². The number of carbonyl (C=O) groups excluding carboxylic acids is 1. The molecule has 0 saturated carbocycles. The predicted molar refractivity (Wildman–Crippen MR) is 95.9 cm³/mol. The normalized spacial score (nSPS) is 10.7. The van der Waals surface area contributed by atoms with Crippen LogP contribution in [0, 0.1) is 11.6 Å². The Morgan fingerprint density at radius 1 is 1.12 bits per heavy atom. The second-order valence-corrected chi connectivity index (χ2v) is 6.43. The van der Waals surface area contributed by atoms with E-state index in [1.807, 2.05) is 17.5 Å². The Balaban J connectivity index is 1.72. The van der Waals surface area contributed by atoms with Gasteiger partial charge in [0.25, 0.3) is 5.91 Å². The molecule has 0 radical (unpaired) electrons. The van der Waals surface area contributed by atoms with E-state index in [0.717, 1.165) is 36.2 Å². The highest BCUT2D eigenvalue weighted by atomic mass is 32.1. The number of benzene rings is 2. The molecule has 25 heavy (non-hydrogen) atoms. The molecule has 1 amide bonds. The molecule has 0 aliphatic heterocycles. The SMILES string of the molecule is CCCc1ccc(-c2csc(NC(=O)c3ccc(F)c(F)c3)n2)cc1. The lowest BCUT2D eigenvalue weighted by molar-refractivity contribution is 0.102. The van der Waals surface area contributed by atoms with Crippen molar-refractivity contribution < 1.29 is 13.6 Å². The number of aromatic nitrogens is 1. The van der Waals surface area contributed by atoms with Crippen LogP contribution in [-0.4, -0.2) is 10.9 Å². The zero-order valence-electron chi connectivity index (χ0n) is 13.6. The van der Waals surface area contributed by atoms with Crippen molar-refractivity contribution in [1.29, 1.82) is 0 Å². The van der Waals surface area contributed by atoms with Crippen LogP contribution in [0.15, 0.2) is 47.8 Å². The van der Waals surface area contributed by atoms with Gasteiger partial charge < -0.3 is 0 Å². The van der Waals surface area contributed by atoms with Gasteiger partial charge in [-0.05, 0) is 30.2 Å². The molecule has 128 valence electrons. The van der Waals surface area contributed by atoms with Gasteiger partial charge in [-0.25, -0.2) is 13.8 Å². The lowest BCUT2D eigenvalue weighted by Crippen LogP contribution is -2.12. The average Bonchev–Trinajstić information content (AvgIpc) is 3.06. The number of rotatable bonds is 5. The molecule has 2 aromatic carbocycles. The third-order valence-electron chi connectivity index (χ3n) is 3.69. The van der Waals surface area contributed by atoms with Crippen LogP contribution in [0.2, 0.25) is 0 Å². The average molecular weight is 358 g/mol. The van der Waals surface area contributed by atoms with Crippen molar-refractivity contribution >= 4 is 22.4 Å². The van der Waals surface area contributed by atoms with Crippen LogP contribution >= 0.6 is 11.3 Å². The minimum Gasteiger partial charge on any atom is -0.298 e. The van der Waals surface area contributed by atoms with E-state index in [2.05, 4.69) is 29.4 Å². The zero-order valence-corrected chi connectivity index (χ0v) is 14.4. The molecule has 0 bridgehead atoms. The molecule has 0 unspecified atom stereocenters. The van der Waals surface area contributed by atoms with E-state index in [0.29, 0.717) is 5.13 Å². The minimum absolute atomic E-state index is 0.0413. The Hall–Kier alpha value is -2.60. The summed E-state index contributed by atoms with van der Waals surface area (Å²) >= 11 is 1.28. The second-order valence-electron chi connectivity index (χ2n) is 5.57. The van der Waals surface area contributed by atoms with Gasteiger partial charge in [0.2, 0.25) is 0 Å². The first-order valence-corrected chi connectivity index (χ1v) is 8.76. The number of aryl methyl sites for hydroxylation is 1. The molecule has 6 heteroatoms. The number of amides is 1. The largest absolute Gasteiger partial charge is 0.298 e. The Morgan fingerprint density at radius 3 is 2.56 bits per heavy atom. The molecule has 3 aromatic rings. The van der Waals surface area contributed by atoms with Crippen LogP contribution in [0.4, 0.5) is 13.9 Å². The third kappa shape index (κ3) is 4.09. The van der Waals surface area contributed by atoms with Gasteiger partial charge >= 0.3 is 0 Å². The Kier molecular flexibility index (Phi) is 5.19. The number of carbonyl (C=O) groups is 1. The van der Waals surface area contributed by atoms with E-state index in [9.17, 15) is 13.6 Å². The molecular formula is C19H16F2N2OS. The first-order chi connectivity index (χ1) is 12.1. The number of halogens is 2. The Labute approximate surface area is 148 Å². The molecule has 0 spiro atoms. The molecule has 0 saturated heterocycles. The van der Waals surface area contributed by atoms with Crippen LogP contribution in [-0.2, 0) is 6.42 Å². The van der Waals surface area contributed by atoms with Crippen molar-refractivity contribution in [3.8, 4) is 11.3 Å². The van der Waals surface area contributed by atoms with Crippen LogP contribution in [0.25, 0.3) is 11.3 Å². The smallest absolute Gasteiger partial charge is 0.257 e. The fourth-order valence-corrected chi connectivity index (χ4v) is 3.12. The number of hydrogen-bond donors (Lipinski definition) is 1. The van der Waals surface area contributed by atoms with Gasteiger partial charge in [0.05, 0.1) is 5.69 Å². The van der Waals surface area contributed by atoms with Crippen LogP contribution in [0.3, 0.4) is 0 Å². The predicted octanol–water partition coefficient (Wildman–Crippen LogP) is 5.29. The molecule has 1 aromatic heterocycles.